The number of benzene rings is 1. The molecule has 1 aromatic carbocycles. The van der Waals surface area contributed by atoms with Crippen molar-refractivity contribution in [3.05, 3.63) is 29.8 Å². The summed E-state index contributed by atoms with van der Waals surface area (Å²) in [6, 6.07) is 6.33. The molecule has 0 aliphatic carbocycles. The highest BCUT2D eigenvalue weighted by molar-refractivity contribution is 5.56. The van der Waals surface area contributed by atoms with Crippen molar-refractivity contribution in [2.75, 3.05) is 0 Å². The number of rotatable bonds is 2. The zero-order chi connectivity index (χ0) is 8.97. The summed E-state index contributed by atoms with van der Waals surface area (Å²) in [6.45, 7) is -0.186. The molecule has 1 rings (SSSR count). The van der Waals surface area contributed by atoms with Crippen LogP contribution >= 0.6 is 0 Å². The number of para-hydroxylation sites is 1. The predicted octanol–water partition coefficient (Wildman–Crippen LogP) is 1.46. The highest BCUT2D eigenvalue weighted by atomic mass is 16.7. The van der Waals surface area contributed by atoms with Crippen LogP contribution in [0.25, 0.3) is 0 Å². The van der Waals surface area contributed by atoms with Crippen LogP contribution in [0.1, 0.15) is 5.56 Å². The van der Waals surface area contributed by atoms with Crippen molar-refractivity contribution in [2.45, 2.75) is 6.61 Å². The molecule has 12 heavy (non-hydrogen) atoms. The van der Waals surface area contributed by atoms with Crippen LogP contribution in [0.15, 0.2) is 24.3 Å². The summed E-state index contributed by atoms with van der Waals surface area (Å²) in [5, 5.41) is 19.0. The molecule has 4 nitrogen and oxygen atoms in total. The maximum atomic E-state index is 9.87. The van der Waals surface area contributed by atoms with E-state index in [1.807, 2.05) is 0 Å². The topological polar surface area (TPSA) is 66.4 Å². The Morgan fingerprint density at radius 3 is 2.67 bits per heavy atom. The van der Waals surface area contributed by atoms with E-state index in [9.17, 15) is 9.90 Å². The van der Waals surface area contributed by atoms with Gasteiger partial charge in [0.1, 0.15) is 12.4 Å². The lowest BCUT2D eigenvalue weighted by Crippen LogP contribution is -1.98. The minimum absolute atomic E-state index is 0.0127. The molecule has 0 fully saturated rings. The molecule has 0 bridgehead atoms. The van der Waals surface area contributed by atoms with Crippen LogP contribution < -0.4 is 0 Å². The molecule has 63 valence electrons. The molecule has 0 aromatic heterocycles. The second-order valence-corrected chi connectivity index (χ2v) is 2.17. The largest absolute Gasteiger partial charge is 0.550 e. The fraction of sp³-hybridized carbons (Fsp3) is 0.125. The Bertz CT molecular complexity index is 282. The number of hydrogen-bond donors (Lipinski definition) is 1. The first-order valence-corrected chi connectivity index (χ1v) is 3.31. The molecule has 1 radical (unpaired) electrons. The van der Waals surface area contributed by atoms with Gasteiger partial charge in [-0.2, -0.15) is 9.90 Å². The van der Waals surface area contributed by atoms with Gasteiger partial charge in [-0.15, -0.1) is 0 Å². The van der Waals surface area contributed by atoms with E-state index in [0.717, 1.165) is 0 Å². The van der Waals surface area contributed by atoms with Gasteiger partial charge in [0.05, 0.1) is 0 Å². The van der Waals surface area contributed by atoms with Crippen molar-refractivity contribution in [3.8, 4) is 5.75 Å². The van der Waals surface area contributed by atoms with Crippen LogP contribution in [0.5, 0.6) is 5.75 Å². The molecular formula is C8H7O4. The highest BCUT2D eigenvalue weighted by Gasteiger charge is 2.03. The Balaban J connectivity index is 2.63. The number of phenolic OH excluding ortho intramolecular Hbond substituents is 1. The fourth-order valence-electron chi connectivity index (χ4n) is 0.770. The minimum atomic E-state index is -1.60. The summed E-state index contributed by atoms with van der Waals surface area (Å²) in [4.78, 5) is 9.87. The Kier molecular flexibility index (Phi) is 2.53. The van der Waals surface area contributed by atoms with E-state index in [2.05, 4.69) is 4.74 Å². The molecule has 0 heterocycles. The zero-order valence-electron chi connectivity index (χ0n) is 6.19. The van der Waals surface area contributed by atoms with Crippen LogP contribution in [0.4, 0.5) is 4.79 Å². The van der Waals surface area contributed by atoms with E-state index in [0.29, 0.717) is 5.56 Å². The summed E-state index contributed by atoms with van der Waals surface area (Å²) in [7, 11) is 0. The third-order valence-electron chi connectivity index (χ3n) is 1.34. The number of carbonyl (C=O) groups is 1. The molecule has 0 aliphatic heterocycles. The average molecular weight is 167 g/mol. The lowest BCUT2D eigenvalue weighted by molar-refractivity contribution is 0.0614. The van der Waals surface area contributed by atoms with E-state index >= 15 is 0 Å². The Hall–Kier alpha value is -1.71. The molecule has 4 heteroatoms. The lowest BCUT2D eigenvalue weighted by Gasteiger charge is -2.01. The number of ether oxygens (including phenoxy) is 1. The van der Waals surface area contributed by atoms with Crippen LogP contribution in [-0.4, -0.2) is 11.3 Å². The second kappa shape index (κ2) is 3.61. The molecule has 0 aliphatic rings. The van der Waals surface area contributed by atoms with E-state index in [1.54, 1.807) is 18.2 Å². The molecule has 0 saturated carbocycles. The van der Waals surface area contributed by atoms with E-state index < -0.39 is 6.16 Å². The van der Waals surface area contributed by atoms with Crippen LogP contribution in [0, 0.1) is 0 Å². The summed E-state index contributed by atoms with van der Waals surface area (Å²) < 4.78 is 4.15. The lowest BCUT2D eigenvalue weighted by atomic mass is 10.2. The molecule has 1 aromatic rings. The molecule has 0 unspecified atom stereocenters. The van der Waals surface area contributed by atoms with Gasteiger partial charge in [0.25, 0.3) is 0 Å². The molecule has 1 N–H and O–H groups in total. The minimum Gasteiger partial charge on any atom is -0.508 e. The molecule has 0 spiro atoms. The number of hydrogen-bond acceptors (Lipinski definition) is 3. The van der Waals surface area contributed by atoms with Gasteiger partial charge in [-0.25, -0.2) is 0 Å². The van der Waals surface area contributed by atoms with E-state index in [4.69, 9.17) is 5.11 Å². The summed E-state index contributed by atoms with van der Waals surface area (Å²) >= 11 is 0. The van der Waals surface area contributed by atoms with Gasteiger partial charge in [0.2, 0.25) is 0 Å². The van der Waals surface area contributed by atoms with Gasteiger partial charge in [-0.3, -0.25) is 0 Å². The number of aromatic hydroxyl groups is 1. The van der Waals surface area contributed by atoms with Crippen molar-refractivity contribution in [3.63, 3.8) is 0 Å². The maximum Gasteiger partial charge on any atom is 0.550 e. The summed E-state index contributed by atoms with van der Waals surface area (Å²) in [5.74, 6) is 0.0127. The zero-order valence-corrected chi connectivity index (χ0v) is 6.19. The second-order valence-electron chi connectivity index (χ2n) is 2.17. The number of carbonyl (C=O) groups excluding carboxylic acids is 1. The fourth-order valence-corrected chi connectivity index (χ4v) is 0.770. The molecule has 0 saturated heterocycles. The van der Waals surface area contributed by atoms with E-state index in [1.165, 1.54) is 6.07 Å². The first-order chi connectivity index (χ1) is 5.70. The van der Waals surface area contributed by atoms with Gasteiger partial charge in [-0.1, -0.05) is 18.2 Å². The Morgan fingerprint density at radius 2 is 2.08 bits per heavy atom. The number of phenols is 1. The van der Waals surface area contributed by atoms with Crippen molar-refractivity contribution < 1.29 is 19.7 Å². The van der Waals surface area contributed by atoms with Gasteiger partial charge >= 0.3 is 6.16 Å². The molecule has 0 amide bonds. The van der Waals surface area contributed by atoms with Gasteiger partial charge < -0.3 is 9.84 Å². The van der Waals surface area contributed by atoms with Crippen molar-refractivity contribution in [1.29, 1.82) is 0 Å². The Morgan fingerprint density at radius 1 is 1.42 bits per heavy atom. The van der Waals surface area contributed by atoms with Crippen molar-refractivity contribution in [1.82, 2.24) is 0 Å². The third-order valence-corrected chi connectivity index (χ3v) is 1.34. The average Bonchev–Trinajstić information content (AvgIpc) is 2.03. The van der Waals surface area contributed by atoms with Gasteiger partial charge in [-0.05, 0) is 6.07 Å². The van der Waals surface area contributed by atoms with E-state index in [-0.39, 0.29) is 12.4 Å². The monoisotopic (exact) mass is 167 g/mol. The highest BCUT2D eigenvalue weighted by Crippen LogP contribution is 2.16. The van der Waals surface area contributed by atoms with Crippen molar-refractivity contribution >= 4 is 6.16 Å². The van der Waals surface area contributed by atoms with Gasteiger partial charge in [0.15, 0.2) is 0 Å². The molecule has 0 atom stereocenters. The quantitative estimate of drug-likeness (QED) is 0.678. The normalized spacial score (nSPS) is 9.33. The summed E-state index contributed by atoms with van der Waals surface area (Å²) in [6.07, 6.45) is -1.60. The first kappa shape index (κ1) is 8.39. The van der Waals surface area contributed by atoms with Crippen LogP contribution in [-0.2, 0) is 16.5 Å². The standard InChI is InChI=1S/C8H7O4/c9-7-4-2-1-3-6(7)5-12-8(10)11/h1-4,9H,5H2. The van der Waals surface area contributed by atoms with Gasteiger partial charge in [0, 0.05) is 5.56 Å². The SMILES string of the molecule is [O]C(=O)OCc1ccccc1O. The first-order valence-electron chi connectivity index (χ1n) is 3.31. The maximum absolute atomic E-state index is 9.87. The summed E-state index contributed by atoms with van der Waals surface area (Å²) in [5.41, 5.74) is 0.418. The van der Waals surface area contributed by atoms with Crippen LogP contribution in [0.2, 0.25) is 0 Å². The molecular weight excluding hydrogens is 160 g/mol. The van der Waals surface area contributed by atoms with Crippen molar-refractivity contribution in [2.24, 2.45) is 0 Å². The predicted molar refractivity (Wildman–Crippen MR) is 39.0 cm³/mol. The smallest absolute Gasteiger partial charge is 0.508 e. The third kappa shape index (κ3) is 2.16. The Labute approximate surface area is 69.0 Å². The van der Waals surface area contributed by atoms with Crippen LogP contribution in [0.3, 0.4) is 0 Å².